The van der Waals surface area contributed by atoms with Crippen LogP contribution in [0.2, 0.25) is 0 Å². The van der Waals surface area contributed by atoms with Gasteiger partial charge >= 0.3 is 5.97 Å². The van der Waals surface area contributed by atoms with Gasteiger partial charge in [0.05, 0.1) is 11.9 Å². The molecule has 0 unspecified atom stereocenters. The maximum absolute atomic E-state index is 10.4. The number of carbonyl (C=O) groups is 1. The lowest BCUT2D eigenvalue weighted by Crippen LogP contribution is -1.90. The van der Waals surface area contributed by atoms with Crippen LogP contribution in [-0.4, -0.2) is 20.5 Å². The van der Waals surface area contributed by atoms with Gasteiger partial charge in [-0.2, -0.15) is 0 Å². The Kier molecular flexibility index (Phi) is 2.32. The molecule has 0 spiro atoms. The Morgan fingerprint density at radius 1 is 1.60 bits per heavy atom. The van der Waals surface area contributed by atoms with Gasteiger partial charge < -0.3 is 5.11 Å². The van der Waals surface area contributed by atoms with Crippen molar-refractivity contribution >= 4 is 28.3 Å². The van der Waals surface area contributed by atoms with Crippen LogP contribution in [0, 0.1) is 13.8 Å². The molecule has 0 aromatic carbocycles. The largest absolute Gasteiger partial charge is 0.478 e. The second-order valence-corrected chi connectivity index (χ2v) is 4.40. The molecule has 2 rings (SSSR count). The van der Waals surface area contributed by atoms with Crippen molar-refractivity contribution in [3.8, 4) is 0 Å². The van der Waals surface area contributed by atoms with E-state index >= 15 is 0 Å². The molecule has 0 bridgehead atoms. The summed E-state index contributed by atoms with van der Waals surface area (Å²) in [4.78, 5) is 16.7. The number of hydrogen-bond acceptors (Lipinski definition) is 3. The van der Waals surface area contributed by atoms with Crippen LogP contribution in [0.1, 0.15) is 16.3 Å². The van der Waals surface area contributed by atoms with Crippen molar-refractivity contribution in [1.29, 1.82) is 0 Å². The maximum atomic E-state index is 10.4. The molecule has 5 heteroatoms. The lowest BCUT2D eigenvalue weighted by molar-refractivity contribution is -0.131. The summed E-state index contributed by atoms with van der Waals surface area (Å²) in [5, 5.41) is 8.55. The van der Waals surface area contributed by atoms with Gasteiger partial charge in [0.25, 0.3) is 0 Å². The standard InChI is InChI=1S/C10H10N2O2S/c1-6-7(2)15-10-11-5-8(12(6)10)3-4-9(13)14/h3-5H,1-2H3,(H,13,14)/b4-3+. The number of imidazole rings is 1. The molecular weight excluding hydrogens is 212 g/mol. The Bertz CT molecular complexity index is 551. The Labute approximate surface area is 90.5 Å². The number of aliphatic carboxylic acids is 1. The minimum Gasteiger partial charge on any atom is -0.478 e. The lowest BCUT2D eigenvalue weighted by Gasteiger charge is -1.94. The summed E-state index contributed by atoms with van der Waals surface area (Å²) < 4.78 is 1.96. The van der Waals surface area contributed by atoms with Crippen molar-refractivity contribution in [2.45, 2.75) is 13.8 Å². The quantitative estimate of drug-likeness (QED) is 0.792. The fourth-order valence-electron chi connectivity index (χ4n) is 1.40. The van der Waals surface area contributed by atoms with Crippen molar-refractivity contribution in [1.82, 2.24) is 9.38 Å². The van der Waals surface area contributed by atoms with Gasteiger partial charge in [-0.15, -0.1) is 11.3 Å². The second-order valence-electron chi connectivity index (χ2n) is 3.22. The van der Waals surface area contributed by atoms with Crippen LogP contribution in [0.4, 0.5) is 0 Å². The van der Waals surface area contributed by atoms with E-state index in [1.807, 2.05) is 18.2 Å². The zero-order valence-electron chi connectivity index (χ0n) is 8.39. The molecule has 0 aliphatic rings. The predicted octanol–water partition coefficient (Wildman–Crippen LogP) is 2.11. The van der Waals surface area contributed by atoms with Gasteiger partial charge in [-0.3, -0.25) is 4.40 Å². The van der Waals surface area contributed by atoms with E-state index in [1.54, 1.807) is 23.6 Å². The molecule has 0 radical (unpaired) electrons. The summed E-state index contributed by atoms with van der Waals surface area (Å²) in [6.07, 6.45) is 4.36. The summed E-state index contributed by atoms with van der Waals surface area (Å²) in [7, 11) is 0. The number of carboxylic acids is 1. The third kappa shape index (κ3) is 1.66. The van der Waals surface area contributed by atoms with Gasteiger partial charge in [0, 0.05) is 16.6 Å². The molecule has 0 fully saturated rings. The monoisotopic (exact) mass is 222 g/mol. The smallest absolute Gasteiger partial charge is 0.328 e. The van der Waals surface area contributed by atoms with Gasteiger partial charge in [0.2, 0.25) is 0 Å². The number of aryl methyl sites for hydroxylation is 2. The first-order chi connectivity index (χ1) is 7.09. The van der Waals surface area contributed by atoms with E-state index in [0.717, 1.165) is 22.4 Å². The first kappa shape index (κ1) is 9.92. The number of hydrogen-bond donors (Lipinski definition) is 1. The fourth-order valence-corrected chi connectivity index (χ4v) is 2.35. The molecule has 0 atom stereocenters. The van der Waals surface area contributed by atoms with Gasteiger partial charge in [-0.25, -0.2) is 9.78 Å². The molecule has 0 aliphatic heterocycles. The second kappa shape index (κ2) is 3.51. The minimum atomic E-state index is -0.949. The first-order valence-electron chi connectivity index (χ1n) is 4.44. The van der Waals surface area contributed by atoms with Crippen LogP contribution in [0.25, 0.3) is 11.0 Å². The molecular formula is C10H10N2O2S. The van der Waals surface area contributed by atoms with Crippen LogP contribution < -0.4 is 0 Å². The Morgan fingerprint density at radius 3 is 3.00 bits per heavy atom. The Balaban J connectivity index is 2.57. The highest BCUT2D eigenvalue weighted by atomic mass is 32.1. The summed E-state index contributed by atoms with van der Waals surface area (Å²) >= 11 is 1.60. The summed E-state index contributed by atoms with van der Waals surface area (Å²) in [5.74, 6) is -0.949. The van der Waals surface area contributed by atoms with Crippen LogP contribution in [0.3, 0.4) is 0 Å². The zero-order valence-corrected chi connectivity index (χ0v) is 9.21. The molecule has 15 heavy (non-hydrogen) atoms. The van der Waals surface area contributed by atoms with Crippen molar-refractivity contribution < 1.29 is 9.90 Å². The molecule has 0 saturated carbocycles. The van der Waals surface area contributed by atoms with Crippen molar-refractivity contribution in [3.05, 3.63) is 28.5 Å². The van der Waals surface area contributed by atoms with E-state index in [1.165, 1.54) is 4.88 Å². The number of fused-ring (bicyclic) bond motifs is 1. The zero-order chi connectivity index (χ0) is 11.0. The first-order valence-corrected chi connectivity index (χ1v) is 5.25. The highest BCUT2D eigenvalue weighted by Crippen LogP contribution is 2.23. The van der Waals surface area contributed by atoms with E-state index in [0.29, 0.717) is 0 Å². The number of carboxylic acid groups (broad SMARTS) is 1. The topological polar surface area (TPSA) is 54.6 Å². The Hall–Kier alpha value is -1.62. The molecule has 0 amide bonds. The summed E-state index contributed by atoms with van der Waals surface area (Å²) in [6, 6.07) is 0. The van der Waals surface area contributed by atoms with Crippen LogP contribution in [-0.2, 0) is 4.79 Å². The van der Waals surface area contributed by atoms with Crippen molar-refractivity contribution in [2.24, 2.45) is 0 Å². The van der Waals surface area contributed by atoms with Gasteiger partial charge in [-0.05, 0) is 19.9 Å². The molecule has 2 aromatic heterocycles. The third-order valence-electron chi connectivity index (χ3n) is 2.24. The van der Waals surface area contributed by atoms with E-state index in [4.69, 9.17) is 5.11 Å². The van der Waals surface area contributed by atoms with E-state index < -0.39 is 5.97 Å². The molecule has 0 aliphatic carbocycles. The van der Waals surface area contributed by atoms with Gasteiger partial charge in [0.1, 0.15) is 0 Å². The molecule has 0 saturated heterocycles. The Morgan fingerprint density at radius 2 is 2.33 bits per heavy atom. The summed E-state index contributed by atoms with van der Waals surface area (Å²) in [5.41, 5.74) is 1.91. The normalized spacial score (nSPS) is 11.6. The van der Waals surface area contributed by atoms with E-state index in [2.05, 4.69) is 4.98 Å². The van der Waals surface area contributed by atoms with Gasteiger partial charge in [-0.1, -0.05) is 0 Å². The molecule has 4 nitrogen and oxygen atoms in total. The van der Waals surface area contributed by atoms with Gasteiger partial charge in [0.15, 0.2) is 4.96 Å². The molecule has 2 aromatic rings. The fraction of sp³-hybridized carbons (Fsp3) is 0.200. The molecule has 1 N–H and O–H groups in total. The third-order valence-corrected chi connectivity index (χ3v) is 3.31. The number of aromatic nitrogens is 2. The maximum Gasteiger partial charge on any atom is 0.328 e. The van der Waals surface area contributed by atoms with Crippen LogP contribution in [0.5, 0.6) is 0 Å². The highest BCUT2D eigenvalue weighted by molar-refractivity contribution is 7.17. The predicted molar refractivity (Wildman–Crippen MR) is 59.2 cm³/mol. The SMILES string of the molecule is Cc1sc2ncc(/C=C/C(=O)O)n2c1C. The van der Waals surface area contributed by atoms with Crippen molar-refractivity contribution in [2.75, 3.05) is 0 Å². The summed E-state index contributed by atoms with van der Waals surface area (Å²) in [6.45, 7) is 4.03. The van der Waals surface area contributed by atoms with Crippen molar-refractivity contribution in [3.63, 3.8) is 0 Å². The van der Waals surface area contributed by atoms with Crippen LogP contribution >= 0.6 is 11.3 Å². The minimum absolute atomic E-state index is 0.800. The molecule has 78 valence electrons. The number of thiazole rings is 1. The average molecular weight is 222 g/mol. The lowest BCUT2D eigenvalue weighted by atomic mass is 10.3. The highest BCUT2D eigenvalue weighted by Gasteiger charge is 2.08. The average Bonchev–Trinajstić information content (AvgIpc) is 2.67. The van der Waals surface area contributed by atoms with Crippen LogP contribution in [0.15, 0.2) is 12.3 Å². The van der Waals surface area contributed by atoms with E-state index in [-0.39, 0.29) is 0 Å². The molecule has 2 heterocycles. The number of nitrogens with zero attached hydrogens (tertiary/aromatic N) is 2. The van der Waals surface area contributed by atoms with E-state index in [9.17, 15) is 4.79 Å². The number of rotatable bonds is 2.